The van der Waals surface area contributed by atoms with Crippen molar-refractivity contribution < 1.29 is 33.9 Å². The largest absolute Gasteiger partial charge is 0.480 e. The van der Waals surface area contributed by atoms with Crippen molar-refractivity contribution in [2.45, 2.75) is 156 Å². The molecule has 0 saturated heterocycles. The lowest BCUT2D eigenvalue weighted by molar-refractivity contribution is -0.143. The number of carboxylic acids is 1. The normalized spacial score (nSPS) is 17.2. The van der Waals surface area contributed by atoms with Crippen LogP contribution in [-0.4, -0.2) is 90.0 Å². The highest BCUT2D eigenvalue weighted by Gasteiger charge is 2.36. The molecule has 0 aliphatic rings. The SMILES string of the molecule is CC[C@H](C)[C@H](N)C(=O)N[C@H](C(=O)N[C@@H](CCCCN)C(=O)N[C@H](C(=O)N[C@H](C(=O)N[C@@H](CCCCN)C(=O)O)[C@@H](C)CC)[C@@H](C)CC)[C@@H](C)CC. The van der Waals surface area contributed by atoms with E-state index < -0.39 is 71.8 Å². The molecule has 51 heavy (non-hydrogen) atoms. The summed E-state index contributed by atoms with van der Waals surface area (Å²) >= 11 is 0. The van der Waals surface area contributed by atoms with Gasteiger partial charge in [0, 0.05) is 0 Å². The molecule has 15 heteroatoms. The first-order chi connectivity index (χ1) is 24.0. The summed E-state index contributed by atoms with van der Waals surface area (Å²) in [6.45, 7) is 15.6. The van der Waals surface area contributed by atoms with Crippen molar-refractivity contribution in [1.29, 1.82) is 0 Å². The first-order valence-corrected chi connectivity index (χ1v) is 18.9. The van der Waals surface area contributed by atoms with E-state index in [1.54, 1.807) is 13.8 Å². The summed E-state index contributed by atoms with van der Waals surface area (Å²) in [5, 5.41) is 23.5. The maximum atomic E-state index is 13.9. The van der Waals surface area contributed by atoms with Crippen molar-refractivity contribution >= 4 is 35.5 Å². The van der Waals surface area contributed by atoms with Gasteiger partial charge in [0.1, 0.15) is 30.2 Å². The Bertz CT molecular complexity index is 1090. The maximum Gasteiger partial charge on any atom is 0.326 e. The first kappa shape index (κ1) is 47.7. The van der Waals surface area contributed by atoms with E-state index in [0.29, 0.717) is 64.5 Å². The summed E-state index contributed by atoms with van der Waals surface area (Å²) in [5.74, 6) is -5.11. The molecule has 0 spiro atoms. The second kappa shape index (κ2) is 25.6. The minimum atomic E-state index is -1.18. The minimum absolute atomic E-state index is 0.102. The zero-order valence-electron chi connectivity index (χ0n) is 32.4. The smallest absolute Gasteiger partial charge is 0.326 e. The highest BCUT2D eigenvalue weighted by atomic mass is 16.4. The van der Waals surface area contributed by atoms with Crippen LogP contribution >= 0.6 is 0 Å². The highest BCUT2D eigenvalue weighted by Crippen LogP contribution is 2.15. The molecule has 0 fully saturated rings. The number of carboxylic acid groups (broad SMARTS) is 1. The van der Waals surface area contributed by atoms with Crippen molar-refractivity contribution in [3.8, 4) is 0 Å². The van der Waals surface area contributed by atoms with Crippen LogP contribution < -0.4 is 43.8 Å². The van der Waals surface area contributed by atoms with Crippen LogP contribution in [0.5, 0.6) is 0 Å². The van der Waals surface area contributed by atoms with E-state index in [1.807, 2.05) is 41.5 Å². The molecule has 5 amide bonds. The fourth-order valence-electron chi connectivity index (χ4n) is 5.40. The van der Waals surface area contributed by atoms with Crippen LogP contribution in [0, 0.1) is 23.7 Å². The van der Waals surface area contributed by atoms with Crippen LogP contribution in [0.2, 0.25) is 0 Å². The molecule has 0 aromatic rings. The molecule has 0 aliphatic heterocycles. The zero-order valence-corrected chi connectivity index (χ0v) is 32.4. The van der Waals surface area contributed by atoms with Gasteiger partial charge in [0.05, 0.1) is 6.04 Å². The number of amides is 5. The summed E-state index contributed by atoms with van der Waals surface area (Å²) in [7, 11) is 0. The Morgan fingerprint density at radius 2 is 0.824 bits per heavy atom. The topological polar surface area (TPSA) is 261 Å². The molecular weight excluding hydrogens is 656 g/mol. The van der Waals surface area contributed by atoms with Crippen LogP contribution in [-0.2, 0) is 28.8 Å². The number of hydrogen-bond acceptors (Lipinski definition) is 9. The van der Waals surface area contributed by atoms with E-state index in [9.17, 15) is 33.9 Å². The lowest BCUT2D eigenvalue weighted by Crippen LogP contribution is -2.61. The Morgan fingerprint density at radius 1 is 0.490 bits per heavy atom. The van der Waals surface area contributed by atoms with Crippen molar-refractivity contribution in [3.63, 3.8) is 0 Å². The maximum absolute atomic E-state index is 13.9. The van der Waals surface area contributed by atoms with Crippen LogP contribution in [0.1, 0.15) is 120 Å². The molecule has 0 rings (SSSR count). The van der Waals surface area contributed by atoms with Crippen molar-refractivity contribution in [2.75, 3.05) is 13.1 Å². The van der Waals surface area contributed by atoms with Gasteiger partial charge < -0.3 is 48.9 Å². The average molecular weight is 727 g/mol. The molecule has 0 aromatic carbocycles. The van der Waals surface area contributed by atoms with E-state index in [4.69, 9.17) is 17.2 Å². The van der Waals surface area contributed by atoms with Crippen LogP contribution in [0.15, 0.2) is 0 Å². The molecular formula is C36H70N8O7. The van der Waals surface area contributed by atoms with E-state index in [1.165, 1.54) is 0 Å². The third-order valence-corrected chi connectivity index (χ3v) is 10.1. The average Bonchev–Trinajstić information content (AvgIpc) is 3.11. The molecule has 0 unspecified atom stereocenters. The van der Waals surface area contributed by atoms with Gasteiger partial charge in [-0.25, -0.2) is 4.79 Å². The third-order valence-electron chi connectivity index (χ3n) is 10.1. The monoisotopic (exact) mass is 727 g/mol. The summed E-state index contributed by atoms with van der Waals surface area (Å²) in [6, 6.07) is -6.09. The quantitative estimate of drug-likeness (QED) is 0.0548. The van der Waals surface area contributed by atoms with Crippen LogP contribution in [0.4, 0.5) is 0 Å². The molecule has 0 saturated carbocycles. The molecule has 0 bridgehead atoms. The summed E-state index contributed by atoms with van der Waals surface area (Å²) in [4.78, 5) is 79.7. The van der Waals surface area contributed by atoms with E-state index in [2.05, 4.69) is 26.6 Å². The van der Waals surface area contributed by atoms with Crippen molar-refractivity contribution in [2.24, 2.45) is 40.9 Å². The zero-order chi connectivity index (χ0) is 39.3. The van der Waals surface area contributed by atoms with Gasteiger partial charge in [-0.3, -0.25) is 24.0 Å². The van der Waals surface area contributed by atoms with Gasteiger partial charge in [-0.2, -0.15) is 0 Å². The van der Waals surface area contributed by atoms with Crippen molar-refractivity contribution in [1.82, 2.24) is 26.6 Å². The number of carbonyl (C=O) groups excluding carboxylic acids is 5. The molecule has 12 N–H and O–H groups in total. The van der Waals surface area contributed by atoms with Gasteiger partial charge in [0.2, 0.25) is 29.5 Å². The molecule has 15 nitrogen and oxygen atoms in total. The summed E-state index contributed by atoms with van der Waals surface area (Å²) in [5.41, 5.74) is 17.4. The number of unbranched alkanes of at least 4 members (excludes halogenated alkanes) is 2. The molecule has 10 atom stereocenters. The molecule has 0 heterocycles. The minimum Gasteiger partial charge on any atom is -0.480 e. The van der Waals surface area contributed by atoms with Gasteiger partial charge in [-0.05, 0) is 75.3 Å². The summed E-state index contributed by atoms with van der Waals surface area (Å²) < 4.78 is 0. The second-order valence-electron chi connectivity index (χ2n) is 14.1. The second-order valence-corrected chi connectivity index (χ2v) is 14.1. The van der Waals surface area contributed by atoms with Gasteiger partial charge in [-0.15, -0.1) is 0 Å². The van der Waals surface area contributed by atoms with E-state index in [-0.39, 0.29) is 36.5 Å². The molecule has 0 aliphatic carbocycles. The molecule has 0 aromatic heterocycles. The Balaban J connectivity index is 6.26. The number of carbonyl (C=O) groups is 6. The number of nitrogens with two attached hydrogens (primary N) is 3. The Morgan fingerprint density at radius 3 is 1.20 bits per heavy atom. The first-order valence-electron chi connectivity index (χ1n) is 18.9. The Hall–Kier alpha value is -3.30. The van der Waals surface area contributed by atoms with Gasteiger partial charge in [0.15, 0.2) is 0 Å². The number of rotatable bonds is 27. The third kappa shape index (κ3) is 16.7. The van der Waals surface area contributed by atoms with Crippen LogP contribution in [0.3, 0.4) is 0 Å². The lowest BCUT2D eigenvalue weighted by Gasteiger charge is -2.31. The van der Waals surface area contributed by atoms with E-state index in [0.717, 1.165) is 0 Å². The predicted molar refractivity (Wildman–Crippen MR) is 199 cm³/mol. The standard InChI is InChI=1S/C36H70N8O7/c1-9-21(5)27(39)32(46)43-28(22(6)10-2)33(47)40-25(17-13-15-19-37)31(45)42-30(24(8)12-4)35(49)44-29(23(7)11-3)34(48)41-26(36(50)51)18-14-16-20-38/h21-30H,9-20,37-39H2,1-8H3,(H,40,47)(H,41,48)(H,42,45)(H,43,46)(H,44,49)(H,50,51)/t21-,22-,23-,24-,25-,26-,27-,28-,29-,30-/m0/s1. The van der Waals surface area contributed by atoms with Crippen LogP contribution in [0.25, 0.3) is 0 Å². The van der Waals surface area contributed by atoms with Gasteiger partial charge in [0.25, 0.3) is 0 Å². The Kier molecular flexibility index (Phi) is 24.0. The number of aliphatic carboxylic acids is 1. The van der Waals surface area contributed by atoms with E-state index >= 15 is 0 Å². The molecule has 0 radical (unpaired) electrons. The van der Waals surface area contributed by atoms with Crippen molar-refractivity contribution in [3.05, 3.63) is 0 Å². The van der Waals surface area contributed by atoms with Gasteiger partial charge >= 0.3 is 5.97 Å². The fourth-order valence-corrected chi connectivity index (χ4v) is 5.40. The predicted octanol–water partition coefficient (Wildman–Crippen LogP) is 1.26. The Labute approximate surface area is 305 Å². The molecule has 296 valence electrons. The number of nitrogens with one attached hydrogen (secondary N) is 5. The fraction of sp³-hybridized carbons (Fsp3) is 0.833. The number of hydrogen-bond donors (Lipinski definition) is 9. The van der Waals surface area contributed by atoms with Gasteiger partial charge in [-0.1, -0.05) is 81.1 Å². The lowest BCUT2D eigenvalue weighted by atomic mass is 9.94. The highest BCUT2D eigenvalue weighted by molar-refractivity contribution is 5.96. The summed E-state index contributed by atoms with van der Waals surface area (Å²) in [6.07, 6.45) is 4.92.